The van der Waals surface area contributed by atoms with Gasteiger partial charge >= 0.3 is 0 Å². The van der Waals surface area contributed by atoms with Crippen molar-refractivity contribution < 1.29 is 4.79 Å². The van der Waals surface area contributed by atoms with E-state index in [0.29, 0.717) is 0 Å². The molecule has 114 valence electrons. The Morgan fingerprint density at radius 1 is 1.23 bits per heavy atom. The molecule has 0 aromatic heterocycles. The Morgan fingerprint density at radius 3 is 2.59 bits per heavy atom. The second kappa shape index (κ2) is 8.76. The van der Waals surface area contributed by atoms with Crippen molar-refractivity contribution in [1.82, 2.24) is 5.43 Å². The summed E-state index contributed by atoms with van der Waals surface area (Å²) in [5.41, 5.74) is 4.73. The Balaban J connectivity index is 1.77. The largest absolute Gasteiger partial charge is 0.272 e. The maximum atomic E-state index is 12.0. The molecular formula is C17H17BrN2OS. The van der Waals surface area contributed by atoms with Crippen molar-refractivity contribution in [3.8, 4) is 0 Å². The number of carbonyl (C=O) groups is 1. The van der Waals surface area contributed by atoms with Gasteiger partial charge < -0.3 is 0 Å². The second-order valence-corrected chi connectivity index (χ2v) is 6.97. The third-order valence-corrected chi connectivity index (χ3v) is 4.71. The van der Waals surface area contributed by atoms with E-state index in [1.165, 1.54) is 5.56 Å². The van der Waals surface area contributed by atoms with Crippen LogP contribution >= 0.6 is 27.7 Å². The van der Waals surface area contributed by atoms with Crippen LogP contribution in [0.1, 0.15) is 18.1 Å². The molecule has 22 heavy (non-hydrogen) atoms. The van der Waals surface area contributed by atoms with E-state index in [1.54, 1.807) is 18.0 Å². The van der Waals surface area contributed by atoms with Crippen molar-refractivity contribution >= 4 is 39.8 Å². The molecule has 0 aliphatic rings. The molecule has 0 spiro atoms. The van der Waals surface area contributed by atoms with Crippen LogP contribution in [0, 0.1) is 0 Å². The molecule has 2 aromatic carbocycles. The molecule has 1 N–H and O–H groups in total. The van der Waals surface area contributed by atoms with Crippen LogP contribution < -0.4 is 5.43 Å². The van der Waals surface area contributed by atoms with Gasteiger partial charge in [-0.15, -0.1) is 11.8 Å². The number of hydrazone groups is 1. The summed E-state index contributed by atoms with van der Waals surface area (Å²) in [6, 6.07) is 17.8. The van der Waals surface area contributed by atoms with E-state index in [9.17, 15) is 4.79 Å². The lowest BCUT2D eigenvalue weighted by Gasteiger charge is -2.09. The molecule has 0 saturated heterocycles. The highest BCUT2D eigenvalue weighted by molar-refractivity contribution is 9.10. The first-order chi connectivity index (χ1) is 10.6. The highest BCUT2D eigenvalue weighted by atomic mass is 79.9. The number of nitrogens with zero attached hydrogens (tertiary/aromatic N) is 1. The number of benzene rings is 2. The highest BCUT2D eigenvalue weighted by Crippen LogP contribution is 2.17. The Labute approximate surface area is 143 Å². The van der Waals surface area contributed by atoms with Crippen LogP contribution in [0.3, 0.4) is 0 Å². The van der Waals surface area contributed by atoms with Crippen molar-refractivity contribution in [2.24, 2.45) is 5.10 Å². The molecule has 1 atom stereocenters. The Morgan fingerprint density at radius 2 is 1.91 bits per heavy atom. The van der Waals surface area contributed by atoms with Gasteiger partial charge in [-0.25, -0.2) is 5.43 Å². The van der Waals surface area contributed by atoms with Crippen LogP contribution in [0.15, 0.2) is 64.2 Å². The van der Waals surface area contributed by atoms with Crippen LogP contribution in [-0.2, 0) is 10.5 Å². The molecule has 2 rings (SSSR count). The van der Waals surface area contributed by atoms with Crippen molar-refractivity contribution in [1.29, 1.82) is 0 Å². The molecule has 1 unspecified atom stereocenters. The van der Waals surface area contributed by atoms with Gasteiger partial charge in [0.2, 0.25) is 0 Å². The summed E-state index contributed by atoms with van der Waals surface area (Å²) in [5, 5.41) is 3.84. The predicted octanol–water partition coefficient (Wildman–Crippen LogP) is 4.22. The number of amides is 1. The molecule has 0 radical (unpaired) electrons. The summed E-state index contributed by atoms with van der Waals surface area (Å²) in [7, 11) is 0. The average molecular weight is 377 g/mol. The molecular weight excluding hydrogens is 360 g/mol. The maximum absolute atomic E-state index is 12.0. The van der Waals surface area contributed by atoms with Crippen LogP contribution in [0.25, 0.3) is 0 Å². The standard InChI is InChI=1S/C17H17BrN2OS/c1-13(22-12-15-5-3-2-4-6-15)17(21)20-19-11-14-7-9-16(18)10-8-14/h2-11,13H,12H2,1H3,(H,20,21). The Bertz CT molecular complexity index is 629. The molecule has 2 aromatic rings. The number of carbonyl (C=O) groups excluding carboxylic acids is 1. The Hall–Kier alpha value is -1.59. The van der Waals surface area contributed by atoms with Gasteiger partial charge in [0, 0.05) is 10.2 Å². The number of halogens is 1. The summed E-state index contributed by atoms with van der Waals surface area (Å²) in [6.07, 6.45) is 1.64. The fourth-order valence-electron chi connectivity index (χ4n) is 1.68. The van der Waals surface area contributed by atoms with Gasteiger partial charge in [0.15, 0.2) is 0 Å². The van der Waals surface area contributed by atoms with Gasteiger partial charge in [-0.2, -0.15) is 5.10 Å². The summed E-state index contributed by atoms with van der Waals surface area (Å²) >= 11 is 4.97. The molecule has 1 amide bonds. The summed E-state index contributed by atoms with van der Waals surface area (Å²) in [6.45, 7) is 1.89. The van der Waals surface area contributed by atoms with Gasteiger partial charge in [-0.1, -0.05) is 58.4 Å². The van der Waals surface area contributed by atoms with Gasteiger partial charge in [0.25, 0.3) is 5.91 Å². The quantitative estimate of drug-likeness (QED) is 0.605. The van der Waals surface area contributed by atoms with Crippen molar-refractivity contribution in [2.45, 2.75) is 17.9 Å². The Kier molecular flexibility index (Phi) is 6.68. The maximum Gasteiger partial charge on any atom is 0.252 e. The topological polar surface area (TPSA) is 41.5 Å². The zero-order valence-corrected chi connectivity index (χ0v) is 14.6. The third-order valence-electron chi connectivity index (χ3n) is 2.97. The second-order valence-electron chi connectivity index (χ2n) is 4.72. The zero-order valence-electron chi connectivity index (χ0n) is 12.2. The lowest BCUT2D eigenvalue weighted by Crippen LogP contribution is -2.26. The van der Waals surface area contributed by atoms with Gasteiger partial charge in [0.1, 0.15) is 0 Å². The molecule has 5 heteroatoms. The lowest BCUT2D eigenvalue weighted by atomic mass is 10.2. The third kappa shape index (κ3) is 5.66. The first kappa shape index (κ1) is 16.8. The van der Waals surface area contributed by atoms with Gasteiger partial charge in [-0.3, -0.25) is 4.79 Å². The number of hydrogen-bond donors (Lipinski definition) is 1. The van der Waals surface area contributed by atoms with Crippen molar-refractivity contribution in [2.75, 3.05) is 0 Å². The van der Waals surface area contributed by atoms with E-state index in [2.05, 4.69) is 38.6 Å². The van der Waals surface area contributed by atoms with E-state index in [-0.39, 0.29) is 11.2 Å². The van der Waals surface area contributed by atoms with Crippen molar-refractivity contribution in [3.05, 3.63) is 70.2 Å². The minimum atomic E-state index is -0.151. The first-order valence-corrected chi connectivity index (χ1v) is 8.73. The van der Waals surface area contributed by atoms with Crippen LogP contribution in [-0.4, -0.2) is 17.4 Å². The highest BCUT2D eigenvalue weighted by Gasteiger charge is 2.12. The summed E-state index contributed by atoms with van der Waals surface area (Å²) in [4.78, 5) is 12.0. The fraction of sp³-hybridized carbons (Fsp3) is 0.176. The van der Waals surface area contributed by atoms with Crippen LogP contribution in [0.2, 0.25) is 0 Å². The monoisotopic (exact) mass is 376 g/mol. The number of thioether (sulfide) groups is 1. The normalized spacial score (nSPS) is 12.3. The van der Waals surface area contributed by atoms with E-state index < -0.39 is 0 Å². The predicted molar refractivity (Wildman–Crippen MR) is 97.1 cm³/mol. The molecule has 0 aliphatic heterocycles. The van der Waals surface area contributed by atoms with Crippen LogP contribution in [0.4, 0.5) is 0 Å². The molecule has 3 nitrogen and oxygen atoms in total. The molecule has 0 aliphatic carbocycles. The van der Waals surface area contributed by atoms with Gasteiger partial charge in [-0.05, 0) is 30.2 Å². The number of rotatable bonds is 6. The minimum Gasteiger partial charge on any atom is -0.272 e. The smallest absolute Gasteiger partial charge is 0.252 e. The van der Waals surface area contributed by atoms with Crippen LogP contribution in [0.5, 0.6) is 0 Å². The molecule has 0 bridgehead atoms. The lowest BCUT2D eigenvalue weighted by molar-refractivity contribution is -0.120. The van der Waals surface area contributed by atoms with E-state index in [4.69, 9.17) is 0 Å². The molecule has 0 heterocycles. The first-order valence-electron chi connectivity index (χ1n) is 6.89. The fourth-order valence-corrected chi connectivity index (χ4v) is 2.78. The van der Waals surface area contributed by atoms with E-state index in [1.807, 2.05) is 49.4 Å². The SMILES string of the molecule is CC(SCc1ccccc1)C(=O)NN=Cc1ccc(Br)cc1. The van der Waals surface area contributed by atoms with Gasteiger partial charge in [0.05, 0.1) is 11.5 Å². The number of hydrogen-bond acceptors (Lipinski definition) is 3. The number of nitrogens with one attached hydrogen (secondary N) is 1. The average Bonchev–Trinajstić information content (AvgIpc) is 2.55. The molecule has 0 fully saturated rings. The minimum absolute atomic E-state index is 0.0886. The zero-order chi connectivity index (χ0) is 15.8. The molecule has 0 saturated carbocycles. The van der Waals surface area contributed by atoms with E-state index >= 15 is 0 Å². The van der Waals surface area contributed by atoms with Crippen molar-refractivity contribution in [3.63, 3.8) is 0 Å². The summed E-state index contributed by atoms with van der Waals surface area (Å²) in [5.74, 6) is 0.723. The van der Waals surface area contributed by atoms with E-state index in [0.717, 1.165) is 15.8 Å². The summed E-state index contributed by atoms with van der Waals surface area (Å²) < 4.78 is 1.01.